The van der Waals surface area contributed by atoms with Crippen LogP contribution in [0.5, 0.6) is 17.2 Å². The second kappa shape index (κ2) is 13.8. The first-order chi connectivity index (χ1) is 20.4. The second-order valence-corrected chi connectivity index (χ2v) is 11.5. The lowest BCUT2D eigenvalue weighted by atomic mass is 10.1. The Morgan fingerprint density at radius 2 is 1.74 bits per heavy atom. The number of hydrogen-bond acceptors (Lipinski definition) is 10. The topological polar surface area (TPSA) is 130 Å². The molecule has 11 nitrogen and oxygen atoms in total. The molecule has 5 rings (SSSR count). The molecule has 0 aliphatic carbocycles. The molecule has 1 atom stereocenters. The zero-order chi connectivity index (χ0) is 29.4. The Kier molecular flexibility index (Phi) is 9.66. The van der Waals surface area contributed by atoms with Crippen LogP contribution >= 0.6 is 7.60 Å². The lowest BCUT2D eigenvalue weighted by Gasteiger charge is -2.19. The number of hydrogen-bond donors (Lipinski definition) is 2. The van der Waals surface area contributed by atoms with Crippen LogP contribution in [0.3, 0.4) is 0 Å². The maximum Gasteiger partial charge on any atom is 0.340 e. The van der Waals surface area contributed by atoms with Crippen LogP contribution in [-0.4, -0.2) is 54.6 Å². The van der Waals surface area contributed by atoms with E-state index in [9.17, 15) is 9.36 Å². The summed E-state index contributed by atoms with van der Waals surface area (Å²) in [7, 11) is -3.61. The van der Waals surface area contributed by atoms with Gasteiger partial charge in [-0.25, -0.2) is 9.97 Å². The predicted octanol–water partition coefficient (Wildman–Crippen LogP) is 6.54. The summed E-state index contributed by atoms with van der Waals surface area (Å²) < 4.78 is 41.1. The highest BCUT2D eigenvalue weighted by molar-refractivity contribution is 7.54. The van der Waals surface area contributed by atoms with Crippen LogP contribution < -0.4 is 20.1 Å². The van der Waals surface area contributed by atoms with Gasteiger partial charge in [0.05, 0.1) is 37.6 Å². The summed E-state index contributed by atoms with van der Waals surface area (Å²) in [6.45, 7) is 4.74. The maximum absolute atomic E-state index is 13.1. The predicted molar refractivity (Wildman–Crippen MR) is 160 cm³/mol. The molecule has 0 saturated carbocycles. The van der Waals surface area contributed by atoms with Crippen molar-refractivity contribution in [2.45, 2.75) is 26.4 Å². The van der Waals surface area contributed by atoms with Crippen molar-refractivity contribution >= 4 is 41.6 Å². The van der Waals surface area contributed by atoms with Gasteiger partial charge in [0.2, 0.25) is 5.91 Å². The lowest BCUT2D eigenvalue weighted by molar-refractivity contribution is -0.114. The third-order valence-corrected chi connectivity index (χ3v) is 8.25. The Hall–Kier alpha value is -4.02. The van der Waals surface area contributed by atoms with Gasteiger partial charge in [0.25, 0.3) is 0 Å². The van der Waals surface area contributed by atoms with Gasteiger partial charge < -0.3 is 33.9 Å². The normalized spacial score (nSPS) is 15.0. The highest BCUT2D eigenvalue weighted by Crippen LogP contribution is 2.48. The Balaban J connectivity index is 1.41. The van der Waals surface area contributed by atoms with E-state index in [2.05, 4.69) is 20.6 Å². The molecular weight excluding hydrogens is 559 g/mol. The Bertz CT molecular complexity index is 1540. The number of fused-ring (bicyclic) bond motifs is 1. The smallest absolute Gasteiger partial charge is 0.340 e. The van der Waals surface area contributed by atoms with Crippen molar-refractivity contribution in [3.63, 3.8) is 0 Å². The number of aromatic nitrogens is 2. The van der Waals surface area contributed by atoms with Gasteiger partial charge in [0.1, 0.15) is 41.7 Å². The van der Waals surface area contributed by atoms with E-state index in [4.69, 9.17) is 23.3 Å². The second-order valence-electron chi connectivity index (χ2n) is 9.41. The molecule has 2 N–H and O–H groups in total. The van der Waals surface area contributed by atoms with Crippen molar-refractivity contribution in [1.82, 2.24) is 9.97 Å². The largest absolute Gasteiger partial charge is 0.486 e. The van der Waals surface area contributed by atoms with Crippen molar-refractivity contribution < 1.29 is 32.6 Å². The molecule has 4 aromatic rings. The minimum atomic E-state index is -3.61. The lowest BCUT2D eigenvalue weighted by Crippen LogP contribution is -2.21. The van der Waals surface area contributed by atoms with Gasteiger partial charge in [-0.3, -0.25) is 9.36 Å². The molecule has 1 saturated heterocycles. The van der Waals surface area contributed by atoms with Crippen molar-refractivity contribution in [2.75, 3.05) is 43.2 Å². The summed E-state index contributed by atoms with van der Waals surface area (Å²) in [6.07, 6.45) is 1.56. The van der Waals surface area contributed by atoms with E-state index in [0.29, 0.717) is 47.1 Å². The molecule has 1 unspecified atom stereocenters. The minimum Gasteiger partial charge on any atom is -0.486 e. The minimum absolute atomic E-state index is 0.155. The zero-order valence-corrected chi connectivity index (χ0v) is 24.3. The van der Waals surface area contributed by atoms with Crippen LogP contribution in [0.15, 0.2) is 73.1 Å². The van der Waals surface area contributed by atoms with Crippen LogP contribution in [0.4, 0.5) is 17.2 Å². The number of ether oxygens (including phenoxy) is 3. The van der Waals surface area contributed by atoms with Gasteiger partial charge in [-0.05, 0) is 56.3 Å². The molecule has 1 aliphatic heterocycles. The number of nitrogens with one attached hydrogen (secondary N) is 2. The van der Waals surface area contributed by atoms with Crippen LogP contribution in [-0.2, 0) is 23.1 Å². The first kappa shape index (κ1) is 29.5. The molecule has 0 spiro atoms. The Morgan fingerprint density at radius 1 is 1.00 bits per heavy atom. The van der Waals surface area contributed by atoms with E-state index < -0.39 is 19.7 Å². The van der Waals surface area contributed by atoms with Crippen LogP contribution in [0, 0.1) is 0 Å². The van der Waals surface area contributed by atoms with E-state index in [1.54, 1.807) is 26.0 Å². The fourth-order valence-corrected chi connectivity index (χ4v) is 5.89. The first-order valence-electron chi connectivity index (χ1n) is 13.8. The average Bonchev–Trinajstić information content (AvgIpc) is 3.48. The monoisotopic (exact) mass is 592 g/mol. The zero-order valence-electron chi connectivity index (χ0n) is 23.4. The number of carbonyl (C=O) groups is 1. The molecule has 42 heavy (non-hydrogen) atoms. The summed E-state index contributed by atoms with van der Waals surface area (Å²) in [5, 5.41) is 6.80. The summed E-state index contributed by atoms with van der Waals surface area (Å²) >= 11 is 0. The van der Waals surface area contributed by atoms with Crippen molar-refractivity contribution in [3.8, 4) is 17.2 Å². The highest BCUT2D eigenvalue weighted by Gasteiger charge is 2.29. The summed E-state index contributed by atoms with van der Waals surface area (Å²) in [5.74, 6) is 1.85. The molecule has 220 valence electrons. The van der Waals surface area contributed by atoms with Gasteiger partial charge in [-0.2, -0.15) is 0 Å². The van der Waals surface area contributed by atoms with E-state index in [1.807, 2.05) is 54.6 Å². The van der Waals surface area contributed by atoms with Gasteiger partial charge in [-0.1, -0.05) is 18.2 Å². The fraction of sp³-hybridized carbons (Fsp3) is 0.300. The van der Waals surface area contributed by atoms with Crippen molar-refractivity contribution in [2.24, 2.45) is 0 Å². The molecule has 1 fully saturated rings. The average molecular weight is 593 g/mol. The molecule has 0 radical (unpaired) electrons. The number of para-hydroxylation sites is 1. The summed E-state index contributed by atoms with van der Waals surface area (Å²) in [6, 6.07) is 20.5. The number of rotatable bonds is 13. The Morgan fingerprint density at radius 3 is 2.43 bits per heavy atom. The molecule has 3 aromatic carbocycles. The first-order valence-corrected chi connectivity index (χ1v) is 15.5. The maximum atomic E-state index is 13.1. The number of anilines is 3. The number of amides is 1. The number of nitrogens with zero attached hydrogens (tertiary/aromatic N) is 2. The molecule has 0 bridgehead atoms. The fourth-order valence-electron chi connectivity index (χ4n) is 4.42. The van der Waals surface area contributed by atoms with Crippen LogP contribution in [0.1, 0.15) is 20.3 Å². The molecule has 1 aromatic heterocycles. The molecule has 1 amide bonds. The number of carbonyl (C=O) groups excluding carboxylic acids is 1. The van der Waals surface area contributed by atoms with Gasteiger partial charge >= 0.3 is 7.60 Å². The van der Waals surface area contributed by atoms with Gasteiger partial charge in [-0.15, -0.1) is 0 Å². The summed E-state index contributed by atoms with van der Waals surface area (Å²) in [4.78, 5) is 21.9. The van der Waals surface area contributed by atoms with E-state index in [0.717, 1.165) is 17.9 Å². The highest BCUT2D eigenvalue weighted by atomic mass is 31.2. The SMILES string of the molecule is CCOP(=O)(CC(=O)Nc1cc2c(Nc3ccc(Oc4ccccc4)cc3)ncnc2cc1OC1CCOC1)OCC. The summed E-state index contributed by atoms with van der Waals surface area (Å²) in [5.41, 5.74) is 1.76. The van der Waals surface area contributed by atoms with Gasteiger partial charge in [0.15, 0.2) is 0 Å². The quantitative estimate of drug-likeness (QED) is 0.165. The molecule has 12 heteroatoms. The molecule has 1 aliphatic rings. The van der Waals surface area contributed by atoms with Crippen LogP contribution in [0.25, 0.3) is 10.9 Å². The van der Waals surface area contributed by atoms with Crippen molar-refractivity contribution in [3.05, 3.63) is 73.1 Å². The molecule has 2 heterocycles. The van der Waals surface area contributed by atoms with Gasteiger partial charge in [0, 0.05) is 23.6 Å². The Labute approximate surface area is 244 Å². The number of benzene rings is 3. The van der Waals surface area contributed by atoms with Crippen LogP contribution in [0.2, 0.25) is 0 Å². The van der Waals surface area contributed by atoms with E-state index in [1.165, 1.54) is 6.33 Å². The van der Waals surface area contributed by atoms with E-state index in [-0.39, 0.29) is 19.3 Å². The standard InChI is InChI=1S/C30H33N4O7P/c1-3-38-42(36,39-4-2)19-29(35)34-27-16-25-26(17-28(27)41-24-14-15-37-18-24)31-20-32-30(25)33-21-10-12-23(13-11-21)40-22-8-6-5-7-9-22/h5-13,16-17,20,24H,3-4,14-15,18-19H2,1-2H3,(H,34,35)(H,31,32,33). The molecular formula is C30H33N4O7P. The van der Waals surface area contributed by atoms with Crippen molar-refractivity contribution in [1.29, 1.82) is 0 Å². The third-order valence-electron chi connectivity index (χ3n) is 6.28. The third kappa shape index (κ3) is 7.63. The van der Waals surface area contributed by atoms with E-state index >= 15 is 0 Å².